The van der Waals surface area contributed by atoms with Gasteiger partial charge in [-0.05, 0) is 36.2 Å². The minimum Gasteiger partial charge on any atom is -0.357 e. The standard InChI is InChI=1S/C19H17N3O/c23-19-16(13-6-2-4-8-15(13)22-19)18-17-12(9-10-20-18)11-5-1-3-7-14(11)21-17/h1-8,16,18,20-21H,9-10H2,(H,22,23). The molecule has 0 radical (unpaired) electrons. The number of aromatic amines is 1. The number of hydrogen-bond acceptors (Lipinski definition) is 2. The first-order chi connectivity index (χ1) is 11.3. The molecule has 3 N–H and O–H groups in total. The first-order valence-corrected chi connectivity index (χ1v) is 8.05. The van der Waals surface area contributed by atoms with Crippen LogP contribution >= 0.6 is 0 Å². The molecule has 2 atom stereocenters. The van der Waals surface area contributed by atoms with Gasteiger partial charge in [0.25, 0.3) is 0 Å². The Bertz CT molecular complexity index is 927. The van der Waals surface area contributed by atoms with Gasteiger partial charge in [-0.2, -0.15) is 0 Å². The van der Waals surface area contributed by atoms with E-state index < -0.39 is 0 Å². The van der Waals surface area contributed by atoms with Crippen LogP contribution in [0.15, 0.2) is 48.5 Å². The molecule has 2 aliphatic rings. The van der Waals surface area contributed by atoms with Crippen molar-refractivity contribution >= 4 is 22.5 Å². The van der Waals surface area contributed by atoms with Gasteiger partial charge in [-0.3, -0.25) is 4.79 Å². The monoisotopic (exact) mass is 303 g/mol. The second kappa shape index (κ2) is 4.70. The molecule has 0 bridgehead atoms. The Kier molecular flexibility index (Phi) is 2.64. The Morgan fingerprint density at radius 1 is 1.00 bits per heavy atom. The molecular weight excluding hydrogens is 286 g/mol. The van der Waals surface area contributed by atoms with E-state index >= 15 is 0 Å². The molecule has 0 saturated heterocycles. The zero-order chi connectivity index (χ0) is 15.4. The van der Waals surface area contributed by atoms with Crippen LogP contribution in [-0.4, -0.2) is 17.4 Å². The highest BCUT2D eigenvalue weighted by Gasteiger charge is 2.40. The van der Waals surface area contributed by atoms with E-state index in [1.54, 1.807) is 0 Å². The number of carbonyl (C=O) groups excluding carboxylic acids is 1. The van der Waals surface area contributed by atoms with E-state index in [-0.39, 0.29) is 17.9 Å². The number of benzene rings is 2. The lowest BCUT2D eigenvalue weighted by Gasteiger charge is -2.28. The van der Waals surface area contributed by atoms with E-state index in [1.165, 1.54) is 10.9 Å². The summed E-state index contributed by atoms with van der Waals surface area (Å²) in [5.41, 5.74) is 5.68. The molecular formula is C19H17N3O. The largest absolute Gasteiger partial charge is 0.357 e. The summed E-state index contributed by atoms with van der Waals surface area (Å²) >= 11 is 0. The van der Waals surface area contributed by atoms with Gasteiger partial charge in [0, 0.05) is 22.3 Å². The number of anilines is 1. The Hall–Kier alpha value is -2.59. The van der Waals surface area contributed by atoms with E-state index in [0.717, 1.165) is 35.4 Å². The van der Waals surface area contributed by atoms with E-state index in [9.17, 15) is 4.79 Å². The summed E-state index contributed by atoms with van der Waals surface area (Å²) in [6, 6.07) is 16.4. The molecule has 0 spiro atoms. The smallest absolute Gasteiger partial charge is 0.234 e. The zero-order valence-corrected chi connectivity index (χ0v) is 12.6. The molecule has 0 saturated carbocycles. The molecule has 4 nitrogen and oxygen atoms in total. The zero-order valence-electron chi connectivity index (χ0n) is 12.6. The molecule has 5 rings (SSSR count). The van der Waals surface area contributed by atoms with Crippen LogP contribution in [0.1, 0.15) is 28.8 Å². The molecule has 2 aliphatic heterocycles. The highest BCUT2D eigenvalue weighted by molar-refractivity contribution is 6.03. The predicted molar refractivity (Wildman–Crippen MR) is 90.6 cm³/mol. The Balaban J connectivity index is 1.68. The third kappa shape index (κ3) is 1.79. The van der Waals surface area contributed by atoms with Crippen LogP contribution in [0.25, 0.3) is 10.9 Å². The van der Waals surface area contributed by atoms with Crippen molar-refractivity contribution in [1.29, 1.82) is 0 Å². The van der Waals surface area contributed by atoms with Gasteiger partial charge >= 0.3 is 0 Å². The Labute approximate surface area is 133 Å². The number of aromatic nitrogens is 1. The SMILES string of the molecule is O=C1Nc2ccccc2C1C1NCCc2c1[nH]c1ccccc21. The van der Waals surface area contributed by atoms with Crippen LogP contribution in [0.2, 0.25) is 0 Å². The molecule has 2 unspecified atom stereocenters. The van der Waals surface area contributed by atoms with Crippen molar-refractivity contribution in [3.8, 4) is 0 Å². The highest BCUT2D eigenvalue weighted by Crippen LogP contribution is 2.43. The summed E-state index contributed by atoms with van der Waals surface area (Å²) in [6.45, 7) is 0.894. The summed E-state index contributed by atoms with van der Waals surface area (Å²) < 4.78 is 0. The summed E-state index contributed by atoms with van der Waals surface area (Å²) in [7, 11) is 0. The number of amides is 1. The lowest BCUT2D eigenvalue weighted by molar-refractivity contribution is -0.117. The molecule has 0 aliphatic carbocycles. The third-order valence-corrected chi connectivity index (χ3v) is 5.07. The van der Waals surface area contributed by atoms with Gasteiger partial charge in [0.1, 0.15) is 0 Å². The molecule has 23 heavy (non-hydrogen) atoms. The van der Waals surface area contributed by atoms with Gasteiger partial charge in [-0.1, -0.05) is 36.4 Å². The first kappa shape index (κ1) is 12.9. The third-order valence-electron chi connectivity index (χ3n) is 5.07. The average Bonchev–Trinajstić information content (AvgIpc) is 3.11. The van der Waals surface area contributed by atoms with E-state index in [4.69, 9.17) is 0 Å². The highest BCUT2D eigenvalue weighted by atomic mass is 16.2. The fraction of sp³-hybridized carbons (Fsp3) is 0.211. The molecule has 2 aromatic carbocycles. The molecule has 1 amide bonds. The molecule has 3 aromatic rings. The number of H-pyrrole nitrogens is 1. The molecule has 4 heteroatoms. The van der Waals surface area contributed by atoms with Gasteiger partial charge in [-0.15, -0.1) is 0 Å². The van der Waals surface area contributed by atoms with Crippen molar-refractivity contribution in [3.63, 3.8) is 0 Å². The quantitative estimate of drug-likeness (QED) is 0.647. The maximum atomic E-state index is 12.6. The number of carbonyl (C=O) groups is 1. The Morgan fingerprint density at radius 3 is 2.78 bits per heavy atom. The minimum absolute atomic E-state index is 0.00481. The topological polar surface area (TPSA) is 56.9 Å². The maximum absolute atomic E-state index is 12.6. The molecule has 0 fully saturated rings. The lowest BCUT2D eigenvalue weighted by Crippen LogP contribution is -2.36. The van der Waals surface area contributed by atoms with Gasteiger partial charge in [0.2, 0.25) is 5.91 Å². The van der Waals surface area contributed by atoms with Crippen molar-refractivity contribution in [3.05, 3.63) is 65.4 Å². The minimum atomic E-state index is -0.182. The van der Waals surface area contributed by atoms with Gasteiger partial charge in [0.15, 0.2) is 0 Å². The second-order valence-corrected chi connectivity index (χ2v) is 6.30. The number of fused-ring (bicyclic) bond motifs is 4. The molecule has 114 valence electrons. The predicted octanol–water partition coefficient (Wildman–Crippen LogP) is 3.09. The first-order valence-electron chi connectivity index (χ1n) is 8.05. The van der Waals surface area contributed by atoms with Crippen molar-refractivity contribution in [2.24, 2.45) is 0 Å². The van der Waals surface area contributed by atoms with Crippen molar-refractivity contribution in [2.45, 2.75) is 18.4 Å². The van der Waals surface area contributed by atoms with E-state index in [2.05, 4.69) is 39.9 Å². The average molecular weight is 303 g/mol. The van der Waals surface area contributed by atoms with Crippen LogP contribution in [0.4, 0.5) is 5.69 Å². The molecule has 3 heterocycles. The fourth-order valence-electron chi connectivity index (χ4n) is 4.06. The van der Waals surface area contributed by atoms with Crippen molar-refractivity contribution in [1.82, 2.24) is 10.3 Å². The van der Waals surface area contributed by atoms with Crippen molar-refractivity contribution < 1.29 is 4.79 Å². The Morgan fingerprint density at radius 2 is 1.83 bits per heavy atom. The van der Waals surface area contributed by atoms with Crippen LogP contribution in [0.3, 0.4) is 0 Å². The number of hydrogen-bond donors (Lipinski definition) is 3. The summed E-state index contributed by atoms with van der Waals surface area (Å²) in [5, 5.41) is 7.85. The van der Waals surface area contributed by atoms with E-state index in [0.29, 0.717) is 0 Å². The van der Waals surface area contributed by atoms with Crippen molar-refractivity contribution in [2.75, 3.05) is 11.9 Å². The summed E-state index contributed by atoms with van der Waals surface area (Å²) in [4.78, 5) is 16.1. The van der Waals surface area contributed by atoms with Crippen LogP contribution in [-0.2, 0) is 11.2 Å². The van der Waals surface area contributed by atoms with Crippen LogP contribution < -0.4 is 10.6 Å². The number of para-hydroxylation sites is 2. The normalized spacial score (nSPS) is 22.7. The molecule has 1 aromatic heterocycles. The fourth-order valence-corrected chi connectivity index (χ4v) is 4.06. The maximum Gasteiger partial charge on any atom is 0.234 e. The second-order valence-electron chi connectivity index (χ2n) is 6.30. The van der Waals surface area contributed by atoms with Crippen LogP contribution in [0.5, 0.6) is 0 Å². The van der Waals surface area contributed by atoms with E-state index in [1.807, 2.05) is 24.3 Å². The van der Waals surface area contributed by atoms with Gasteiger partial charge < -0.3 is 15.6 Å². The summed E-state index contributed by atoms with van der Waals surface area (Å²) in [6.07, 6.45) is 0.992. The van der Waals surface area contributed by atoms with Gasteiger partial charge in [0.05, 0.1) is 12.0 Å². The number of rotatable bonds is 1. The summed E-state index contributed by atoms with van der Waals surface area (Å²) in [5.74, 6) is -0.103. The van der Waals surface area contributed by atoms with Crippen LogP contribution in [0, 0.1) is 0 Å². The lowest BCUT2D eigenvalue weighted by atomic mass is 9.86. The number of nitrogens with one attached hydrogen (secondary N) is 3. The van der Waals surface area contributed by atoms with Gasteiger partial charge in [-0.25, -0.2) is 0 Å².